The fraction of sp³-hybridized carbons (Fsp3) is 0.395. The molecule has 0 N–H and O–H groups in total. The van der Waals surface area contributed by atoms with E-state index in [1.807, 2.05) is 93.4 Å². The normalized spacial score (nSPS) is 16.3. The number of carbonyl (C=O) groups is 3. The number of methoxy groups -OCH3 is 1. The van der Waals surface area contributed by atoms with Crippen LogP contribution in [0.15, 0.2) is 66.7 Å². The lowest BCUT2D eigenvalue weighted by atomic mass is 9.85. The topological polar surface area (TPSA) is 79.4 Å². The molecule has 0 spiro atoms. The fourth-order valence-electron chi connectivity index (χ4n) is 6.26. The second-order valence-electron chi connectivity index (χ2n) is 13.5. The van der Waals surface area contributed by atoms with Gasteiger partial charge in [0.15, 0.2) is 0 Å². The zero-order valence-corrected chi connectivity index (χ0v) is 30.1. The SMILES string of the molecule is COc1ccc(-c2ccc(N(C)C=O)cc2)cc1CN(CC1CCC(N(C)C(=O)OC(C)(C)C)CC1)C(=O)c1sc2ccccc2c1Cl. The molecule has 3 amide bonds. The van der Waals surface area contributed by atoms with Crippen molar-refractivity contribution < 1.29 is 23.9 Å². The predicted octanol–water partition coefficient (Wildman–Crippen LogP) is 8.89. The largest absolute Gasteiger partial charge is 0.496 e. The van der Waals surface area contributed by atoms with Crippen LogP contribution in [0.3, 0.4) is 0 Å². The first-order valence-electron chi connectivity index (χ1n) is 16.3. The highest BCUT2D eigenvalue weighted by Crippen LogP contribution is 2.38. The summed E-state index contributed by atoms with van der Waals surface area (Å²) < 4.78 is 12.4. The number of benzene rings is 3. The minimum absolute atomic E-state index is 0.0896. The standard InChI is InChI=1S/C38H44ClN3O5S/c1-38(2,3)47-37(45)41(5)30-16-11-25(12-17-30)22-42(36(44)35-34(39)31-9-7-8-10-33(31)48-35)23-28-21-27(15-20-32(28)46-6)26-13-18-29(19-14-26)40(4)24-43/h7-10,13-15,18-21,24-25,30H,11-12,16-17,22-23H2,1-6H3. The third kappa shape index (κ3) is 8.13. The molecule has 5 rings (SSSR count). The lowest BCUT2D eigenvalue weighted by Gasteiger charge is -2.37. The molecule has 1 saturated carbocycles. The van der Waals surface area contributed by atoms with Crippen LogP contribution < -0.4 is 9.64 Å². The van der Waals surface area contributed by atoms with Crippen molar-refractivity contribution in [3.05, 3.63) is 82.2 Å². The van der Waals surface area contributed by atoms with Crippen LogP contribution >= 0.6 is 22.9 Å². The van der Waals surface area contributed by atoms with Gasteiger partial charge in [-0.2, -0.15) is 0 Å². The van der Waals surface area contributed by atoms with Crippen molar-refractivity contribution in [3.63, 3.8) is 0 Å². The molecule has 0 aliphatic heterocycles. The van der Waals surface area contributed by atoms with E-state index in [1.165, 1.54) is 16.2 Å². The van der Waals surface area contributed by atoms with Crippen molar-refractivity contribution >= 4 is 57.1 Å². The van der Waals surface area contributed by atoms with Crippen molar-refractivity contribution in [2.45, 2.75) is 64.6 Å². The Kier molecular flexibility index (Phi) is 11.0. The van der Waals surface area contributed by atoms with Crippen molar-refractivity contribution in [2.75, 3.05) is 32.6 Å². The van der Waals surface area contributed by atoms with Gasteiger partial charge in [0.2, 0.25) is 6.41 Å². The summed E-state index contributed by atoms with van der Waals surface area (Å²) in [6.07, 6.45) is 3.89. The number of rotatable bonds is 10. The molecule has 10 heteroatoms. The summed E-state index contributed by atoms with van der Waals surface area (Å²) in [5.41, 5.74) is 3.09. The molecule has 254 valence electrons. The van der Waals surface area contributed by atoms with E-state index in [9.17, 15) is 14.4 Å². The van der Waals surface area contributed by atoms with Gasteiger partial charge in [-0.15, -0.1) is 11.3 Å². The summed E-state index contributed by atoms with van der Waals surface area (Å²) in [6, 6.07) is 21.7. The van der Waals surface area contributed by atoms with Gasteiger partial charge in [0.05, 0.1) is 12.1 Å². The number of nitrogens with zero attached hydrogens (tertiary/aromatic N) is 3. The number of amides is 3. The van der Waals surface area contributed by atoms with E-state index >= 15 is 0 Å². The maximum absolute atomic E-state index is 14.4. The van der Waals surface area contributed by atoms with Gasteiger partial charge in [0.25, 0.3) is 5.91 Å². The first kappa shape index (κ1) is 35.2. The third-order valence-electron chi connectivity index (χ3n) is 8.95. The van der Waals surface area contributed by atoms with Gasteiger partial charge in [0.1, 0.15) is 16.2 Å². The molecule has 1 aliphatic carbocycles. The number of halogens is 1. The summed E-state index contributed by atoms with van der Waals surface area (Å²) in [5, 5.41) is 1.36. The molecule has 1 aliphatic rings. The fourth-order valence-corrected chi connectivity index (χ4v) is 7.74. The molecule has 1 fully saturated rings. The lowest BCUT2D eigenvalue weighted by Crippen LogP contribution is -2.43. The number of anilines is 1. The second-order valence-corrected chi connectivity index (χ2v) is 14.9. The number of hydrogen-bond donors (Lipinski definition) is 0. The molecule has 1 aromatic heterocycles. The molecular weight excluding hydrogens is 646 g/mol. The van der Waals surface area contributed by atoms with Crippen LogP contribution in [0.25, 0.3) is 21.2 Å². The van der Waals surface area contributed by atoms with Crippen LogP contribution in [0.5, 0.6) is 5.75 Å². The molecule has 1 heterocycles. The first-order chi connectivity index (χ1) is 22.9. The molecule has 0 unspecified atom stereocenters. The second kappa shape index (κ2) is 15.0. The number of fused-ring (bicyclic) bond motifs is 1. The van der Waals surface area contributed by atoms with Gasteiger partial charge in [-0.25, -0.2) is 4.79 Å². The van der Waals surface area contributed by atoms with Gasteiger partial charge in [-0.1, -0.05) is 48.0 Å². The molecule has 3 aromatic carbocycles. The Balaban J connectivity index is 1.41. The zero-order chi connectivity index (χ0) is 34.6. The summed E-state index contributed by atoms with van der Waals surface area (Å²) in [6.45, 7) is 6.51. The molecule has 0 atom stereocenters. The van der Waals surface area contributed by atoms with E-state index in [0.29, 0.717) is 28.7 Å². The molecule has 0 saturated heterocycles. The van der Waals surface area contributed by atoms with E-state index in [4.69, 9.17) is 21.1 Å². The Morgan fingerprint density at radius 3 is 2.25 bits per heavy atom. The highest BCUT2D eigenvalue weighted by Gasteiger charge is 2.32. The molecule has 48 heavy (non-hydrogen) atoms. The zero-order valence-electron chi connectivity index (χ0n) is 28.5. The molecule has 0 bridgehead atoms. The summed E-state index contributed by atoms with van der Waals surface area (Å²) >= 11 is 8.26. The van der Waals surface area contributed by atoms with Crippen LogP contribution in [-0.2, 0) is 16.1 Å². The van der Waals surface area contributed by atoms with Crippen molar-refractivity contribution in [3.8, 4) is 16.9 Å². The summed E-state index contributed by atoms with van der Waals surface area (Å²) in [5.74, 6) is 0.837. The average molecular weight is 690 g/mol. The van der Waals surface area contributed by atoms with E-state index in [0.717, 1.165) is 64.6 Å². The van der Waals surface area contributed by atoms with E-state index < -0.39 is 5.60 Å². The van der Waals surface area contributed by atoms with Crippen molar-refractivity contribution in [1.82, 2.24) is 9.80 Å². The van der Waals surface area contributed by atoms with Gasteiger partial charge >= 0.3 is 6.09 Å². The maximum atomic E-state index is 14.4. The van der Waals surface area contributed by atoms with E-state index in [2.05, 4.69) is 6.07 Å². The minimum Gasteiger partial charge on any atom is -0.496 e. The smallest absolute Gasteiger partial charge is 0.410 e. The van der Waals surface area contributed by atoms with Gasteiger partial charge < -0.3 is 24.2 Å². The number of ether oxygens (including phenoxy) is 2. The molecular formula is C38H44ClN3O5S. The first-order valence-corrected chi connectivity index (χ1v) is 17.5. The highest BCUT2D eigenvalue weighted by molar-refractivity contribution is 7.21. The monoisotopic (exact) mass is 689 g/mol. The Morgan fingerprint density at radius 2 is 1.62 bits per heavy atom. The van der Waals surface area contributed by atoms with E-state index in [-0.39, 0.29) is 24.0 Å². The summed E-state index contributed by atoms with van der Waals surface area (Å²) in [7, 11) is 5.17. The Bertz CT molecular complexity index is 1760. The van der Waals surface area contributed by atoms with Crippen molar-refractivity contribution in [2.24, 2.45) is 5.92 Å². The minimum atomic E-state index is -0.549. The number of carbonyl (C=O) groups excluding carboxylic acids is 3. The van der Waals surface area contributed by atoms with Crippen LogP contribution in [0.2, 0.25) is 5.02 Å². The molecule has 8 nitrogen and oxygen atoms in total. The molecule has 4 aromatic rings. The molecule has 0 radical (unpaired) electrons. The predicted molar refractivity (Wildman–Crippen MR) is 194 cm³/mol. The number of hydrogen-bond acceptors (Lipinski definition) is 6. The lowest BCUT2D eigenvalue weighted by molar-refractivity contribution is -0.107. The van der Waals surface area contributed by atoms with Gasteiger partial charge in [0, 0.05) is 54.6 Å². The van der Waals surface area contributed by atoms with Gasteiger partial charge in [-0.3, -0.25) is 9.59 Å². The van der Waals surface area contributed by atoms with Crippen LogP contribution in [0.1, 0.15) is 61.7 Å². The van der Waals surface area contributed by atoms with Crippen LogP contribution in [0.4, 0.5) is 10.5 Å². The Labute approximate surface area is 292 Å². The maximum Gasteiger partial charge on any atom is 0.410 e. The highest BCUT2D eigenvalue weighted by atomic mass is 35.5. The van der Waals surface area contributed by atoms with Crippen LogP contribution in [-0.4, -0.2) is 67.6 Å². The summed E-state index contributed by atoms with van der Waals surface area (Å²) in [4.78, 5) is 44.0. The Hall–Kier alpha value is -4.08. The quantitative estimate of drug-likeness (QED) is 0.155. The number of thiophene rings is 1. The van der Waals surface area contributed by atoms with Crippen molar-refractivity contribution in [1.29, 1.82) is 0 Å². The van der Waals surface area contributed by atoms with E-state index in [1.54, 1.807) is 19.1 Å². The van der Waals surface area contributed by atoms with Gasteiger partial charge in [-0.05, 0) is 93.8 Å². The third-order valence-corrected chi connectivity index (χ3v) is 10.6. The average Bonchev–Trinajstić information content (AvgIpc) is 3.42. The Morgan fingerprint density at radius 1 is 0.958 bits per heavy atom. The van der Waals surface area contributed by atoms with Crippen LogP contribution in [0, 0.1) is 5.92 Å².